The molecule has 152 valence electrons. The number of para-hydroxylation sites is 1. The van der Waals surface area contributed by atoms with E-state index in [4.69, 9.17) is 9.72 Å². The van der Waals surface area contributed by atoms with E-state index in [9.17, 15) is 4.79 Å². The van der Waals surface area contributed by atoms with Gasteiger partial charge in [-0.1, -0.05) is 38.1 Å². The van der Waals surface area contributed by atoms with Crippen LogP contribution in [0.15, 0.2) is 53.9 Å². The van der Waals surface area contributed by atoms with Crippen molar-refractivity contribution in [2.24, 2.45) is 5.92 Å². The lowest BCUT2D eigenvalue weighted by Gasteiger charge is -2.16. The first-order valence-corrected chi connectivity index (χ1v) is 10.5. The highest BCUT2D eigenvalue weighted by molar-refractivity contribution is 7.14. The summed E-state index contributed by atoms with van der Waals surface area (Å²) in [5, 5.41) is 5.93. The summed E-state index contributed by atoms with van der Waals surface area (Å²) in [6.07, 6.45) is 0. The Morgan fingerprint density at radius 1 is 1.17 bits per heavy atom. The molecule has 1 amide bonds. The van der Waals surface area contributed by atoms with Crippen molar-refractivity contribution in [1.29, 1.82) is 0 Å². The Hall–Kier alpha value is -2.86. The molecule has 0 unspecified atom stereocenters. The molecule has 2 aromatic carbocycles. The summed E-state index contributed by atoms with van der Waals surface area (Å²) in [6, 6.07) is 15.6. The first kappa shape index (κ1) is 20.9. The number of anilines is 1. The van der Waals surface area contributed by atoms with E-state index < -0.39 is 0 Å². The zero-order valence-electron chi connectivity index (χ0n) is 17.3. The van der Waals surface area contributed by atoms with Crippen molar-refractivity contribution in [2.45, 2.75) is 20.4 Å². The lowest BCUT2D eigenvalue weighted by atomic mass is 10.1. The van der Waals surface area contributed by atoms with Crippen molar-refractivity contribution in [1.82, 2.24) is 10.3 Å². The molecule has 29 heavy (non-hydrogen) atoms. The molecule has 0 spiro atoms. The van der Waals surface area contributed by atoms with E-state index in [0.717, 1.165) is 27.7 Å². The largest absolute Gasteiger partial charge is 0.496 e. The van der Waals surface area contributed by atoms with Gasteiger partial charge in [0.25, 0.3) is 5.91 Å². The van der Waals surface area contributed by atoms with Crippen LogP contribution in [-0.2, 0) is 6.54 Å². The van der Waals surface area contributed by atoms with Crippen molar-refractivity contribution in [3.8, 4) is 17.0 Å². The maximum absolute atomic E-state index is 12.2. The van der Waals surface area contributed by atoms with Gasteiger partial charge in [0.15, 0.2) is 5.13 Å². The zero-order chi connectivity index (χ0) is 20.8. The maximum Gasteiger partial charge on any atom is 0.251 e. The highest BCUT2D eigenvalue weighted by Crippen LogP contribution is 2.33. The third-order valence-electron chi connectivity index (χ3n) is 4.51. The van der Waals surface area contributed by atoms with Gasteiger partial charge in [-0.05, 0) is 35.7 Å². The molecule has 0 aliphatic carbocycles. The van der Waals surface area contributed by atoms with Crippen LogP contribution in [0.2, 0.25) is 0 Å². The molecule has 0 saturated carbocycles. The molecule has 1 aromatic heterocycles. The first-order chi connectivity index (χ1) is 14.0. The van der Waals surface area contributed by atoms with Crippen molar-refractivity contribution in [3.05, 3.63) is 65.0 Å². The fourth-order valence-corrected chi connectivity index (χ4v) is 3.71. The molecule has 3 rings (SSSR count). The molecule has 0 radical (unpaired) electrons. The monoisotopic (exact) mass is 409 g/mol. The van der Waals surface area contributed by atoms with E-state index in [1.54, 1.807) is 18.4 Å². The number of hydrogen-bond acceptors (Lipinski definition) is 5. The van der Waals surface area contributed by atoms with Crippen LogP contribution in [0.1, 0.15) is 29.8 Å². The molecule has 3 aromatic rings. The lowest BCUT2D eigenvalue weighted by molar-refractivity contribution is 0.0949. The Balaban J connectivity index is 1.66. The van der Waals surface area contributed by atoms with Gasteiger partial charge >= 0.3 is 0 Å². The van der Waals surface area contributed by atoms with Gasteiger partial charge in [-0.3, -0.25) is 4.79 Å². The van der Waals surface area contributed by atoms with Crippen LogP contribution in [0, 0.1) is 5.92 Å². The number of aromatic nitrogens is 1. The van der Waals surface area contributed by atoms with E-state index in [1.165, 1.54) is 0 Å². The van der Waals surface area contributed by atoms with Gasteiger partial charge in [0, 0.05) is 36.6 Å². The van der Waals surface area contributed by atoms with Crippen molar-refractivity contribution in [3.63, 3.8) is 0 Å². The molecule has 0 saturated heterocycles. The minimum atomic E-state index is -0.0278. The minimum absolute atomic E-state index is 0.0278. The summed E-state index contributed by atoms with van der Waals surface area (Å²) in [4.78, 5) is 19.0. The van der Waals surface area contributed by atoms with Crippen LogP contribution >= 0.6 is 11.3 Å². The van der Waals surface area contributed by atoms with Crippen molar-refractivity contribution >= 4 is 22.4 Å². The first-order valence-electron chi connectivity index (χ1n) is 9.65. The van der Waals surface area contributed by atoms with Crippen LogP contribution in [0.4, 0.5) is 5.13 Å². The smallest absolute Gasteiger partial charge is 0.251 e. The van der Waals surface area contributed by atoms with Crippen LogP contribution in [0.25, 0.3) is 11.3 Å². The third kappa shape index (κ3) is 5.35. The van der Waals surface area contributed by atoms with Gasteiger partial charge < -0.3 is 15.0 Å². The topological polar surface area (TPSA) is 54.5 Å². The van der Waals surface area contributed by atoms with Gasteiger partial charge in [0.05, 0.1) is 12.8 Å². The Bertz CT molecular complexity index is 951. The van der Waals surface area contributed by atoms with Crippen molar-refractivity contribution < 1.29 is 9.53 Å². The number of rotatable bonds is 8. The SMILES string of the molecule is COc1ccccc1-c1csc(N(C)Cc2ccc(C(=O)NCC(C)C)cc2)n1. The minimum Gasteiger partial charge on any atom is -0.496 e. The van der Waals surface area contributed by atoms with Gasteiger partial charge in [0.1, 0.15) is 5.75 Å². The number of methoxy groups -OCH3 is 1. The normalized spacial score (nSPS) is 10.8. The Kier molecular flexibility index (Phi) is 6.88. The number of benzene rings is 2. The quantitative estimate of drug-likeness (QED) is 0.578. The summed E-state index contributed by atoms with van der Waals surface area (Å²) in [5.74, 6) is 1.23. The summed E-state index contributed by atoms with van der Waals surface area (Å²) in [7, 11) is 3.69. The number of hydrogen-bond donors (Lipinski definition) is 1. The highest BCUT2D eigenvalue weighted by atomic mass is 32.1. The maximum atomic E-state index is 12.2. The van der Waals surface area contributed by atoms with Gasteiger partial charge in [0.2, 0.25) is 0 Å². The highest BCUT2D eigenvalue weighted by Gasteiger charge is 2.13. The molecule has 0 atom stereocenters. The van der Waals surface area contributed by atoms with Crippen LogP contribution in [-0.4, -0.2) is 31.6 Å². The summed E-state index contributed by atoms with van der Waals surface area (Å²) < 4.78 is 5.44. The number of carbonyl (C=O) groups excluding carboxylic acids is 1. The molecule has 0 aliphatic heterocycles. The molecular weight excluding hydrogens is 382 g/mol. The second-order valence-corrected chi connectivity index (χ2v) is 8.21. The second kappa shape index (κ2) is 9.56. The van der Waals surface area contributed by atoms with E-state index in [1.807, 2.05) is 61.0 Å². The Labute approximate surface area is 176 Å². The number of amides is 1. The standard InChI is InChI=1S/C23H27N3O2S/c1-16(2)13-24-22(27)18-11-9-17(10-12-18)14-26(3)23-25-20(15-29-23)19-7-5-6-8-21(19)28-4/h5-12,15-16H,13-14H2,1-4H3,(H,24,27). The fourth-order valence-electron chi connectivity index (χ4n) is 2.92. The van der Waals surface area contributed by atoms with Crippen LogP contribution < -0.4 is 15.0 Å². The average Bonchev–Trinajstić information content (AvgIpc) is 3.22. The molecule has 5 nitrogen and oxygen atoms in total. The number of ether oxygens (including phenoxy) is 1. The molecule has 6 heteroatoms. The number of nitrogens with zero attached hydrogens (tertiary/aromatic N) is 2. The van der Waals surface area contributed by atoms with E-state index in [0.29, 0.717) is 24.6 Å². The third-order valence-corrected chi connectivity index (χ3v) is 5.46. The van der Waals surface area contributed by atoms with Crippen LogP contribution in [0.3, 0.4) is 0 Å². The number of nitrogens with one attached hydrogen (secondary N) is 1. The van der Waals surface area contributed by atoms with E-state index in [-0.39, 0.29) is 5.91 Å². The molecule has 0 fully saturated rings. The molecule has 0 aliphatic rings. The van der Waals surface area contributed by atoms with Gasteiger partial charge in [-0.25, -0.2) is 4.98 Å². The van der Waals surface area contributed by atoms with Gasteiger partial charge in [-0.2, -0.15) is 0 Å². The molecule has 0 bridgehead atoms. The van der Waals surface area contributed by atoms with Crippen LogP contribution in [0.5, 0.6) is 5.75 Å². The predicted octanol–water partition coefficient (Wildman–Crippen LogP) is 4.84. The average molecular weight is 410 g/mol. The Morgan fingerprint density at radius 3 is 2.59 bits per heavy atom. The van der Waals surface area contributed by atoms with E-state index in [2.05, 4.69) is 24.1 Å². The fraction of sp³-hybridized carbons (Fsp3) is 0.304. The molecule has 1 N–H and O–H groups in total. The van der Waals surface area contributed by atoms with Gasteiger partial charge in [-0.15, -0.1) is 11.3 Å². The predicted molar refractivity (Wildman–Crippen MR) is 120 cm³/mol. The number of carbonyl (C=O) groups is 1. The lowest BCUT2D eigenvalue weighted by Crippen LogP contribution is -2.27. The Morgan fingerprint density at radius 2 is 1.90 bits per heavy atom. The summed E-state index contributed by atoms with van der Waals surface area (Å²) >= 11 is 1.60. The molecule has 1 heterocycles. The zero-order valence-corrected chi connectivity index (χ0v) is 18.1. The second-order valence-electron chi connectivity index (χ2n) is 7.37. The van der Waals surface area contributed by atoms with Crippen molar-refractivity contribution in [2.75, 3.05) is 25.6 Å². The molecular formula is C23H27N3O2S. The van der Waals surface area contributed by atoms with E-state index >= 15 is 0 Å². The number of thiazole rings is 1. The summed E-state index contributed by atoms with van der Waals surface area (Å²) in [6.45, 7) is 5.56. The summed E-state index contributed by atoms with van der Waals surface area (Å²) in [5.41, 5.74) is 3.71.